The number of rotatable bonds is 7. The van der Waals surface area contributed by atoms with E-state index < -0.39 is 0 Å². The molecular formula is C17H20N4O2S2. The molecule has 0 aromatic carbocycles. The lowest BCUT2D eigenvalue weighted by Gasteiger charge is -2.17. The maximum Gasteiger partial charge on any atom is 0.273 e. The standard InChI is InChI=1S/C17H20N4O2S2/c1-2-7-21-15-14(25-17(21)24)16(23)20(9-18-15)8-12(22)19-13(10-3-4-10)11-5-6-11/h2,9-11,13H,1,3-8H2,(H,19,22). The minimum absolute atomic E-state index is 0.00380. The fourth-order valence-corrected chi connectivity index (χ4v) is 4.61. The lowest BCUT2D eigenvalue weighted by atomic mass is 10.1. The second-order valence-corrected chi connectivity index (χ2v) is 8.51. The Morgan fingerprint density at radius 3 is 2.72 bits per heavy atom. The molecule has 0 bridgehead atoms. The molecule has 2 aliphatic rings. The van der Waals surface area contributed by atoms with E-state index in [1.807, 2.05) is 0 Å². The van der Waals surface area contributed by atoms with Crippen molar-refractivity contribution in [2.75, 3.05) is 0 Å². The molecule has 0 spiro atoms. The molecule has 0 unspecified atom stereocenters. The van der Waals surface area contributed by atoms with Crippen molar-refractivity contribution < 1.29 is 4.79 Å². The first-order chi connectivity index (χ1) is 12.1. The van der Waals surface area contributed by atoms with Crippen LogP contribution in [0.15, 0.2) is 23.8 Å². The largest absolute Gasteiger partial charge is 0.351 e. The van der Waals surface area contributed by atoms with Crippen LogP contribution in [0.5, 0.6) is 0 Å². The molecule has 0 atom stereocenters. The molecule has 0 saturated heterocycles. The number of thiazole rings is 1. The van der Waals surface area contributed by atoms with Crippen LogP contribution in [-0.4, -0.2) is 26.1 Å². The Morgan fingerprint density at radius 2 is 2.12 bits per heavy atom. The summed E-state index contributed by atoms with van der Waals surface area (Å²) in [5.74, 6) is 1.15. The van der Waals surface area contributed by atoms with Gasteiger partial charge in [-0.05, 0) is 49.7 Å². The Hall–Kier alpha value is -1.80. The van der Waals surface area contributed by atoms with Crippen molar-refractivity contribution in [2.24, 2.45) is 11.8 Å². The quantitative estimate of drug-likeness (QED) is 0.595. The average Bonchev–Trinajstić information content (AvgIpc) is 3.48. The third kappa shape index (κ3) is 3.32. The fraction of sp³-hybridized carbons (Fsp3) is 0.529. The smallest absolute Gasteiger partial charge is 0.273 e. The van der Waals surface area contributed by atoms with Gasteiger partial charge in [0, 0.05) is 12.6 Å². The molecule has 25 heavy (non-hydrogen) atoms. The molecule has 1 N–H and O–H groups in total. The van der Waals surface area contributed by atoms with Gasteiger partial charge in [0.2, 0.25) is 5.91 Å². The van der Waals surface area contributed by atoms with E-state index in [1.165, 1.54) is 47.9 Å². The lowest BCUT2D eigenvalue weighted by Crippen LogP contribution is -2.41. The summed E-state index contributed by atoms with van der Waals surface area (Å²) >= 11 is 6.54. The van der Waals surface area contributed by atoms with E-state index in [2.05, 4.69) is 16.9 Å². The summed E-state index contributed by atoms with van der Waals surface area (Å²) in [5.41, 5.74) is 0.346. The van der Waals surface area contributed by atoms with Crippen LogP contribution in [0.25, 0.3) is 10.3 Å². The van der Waals surface area contributed by atoms with Crippen molar-refractivity contribution in [3.05, 3.63) is 33.3 Å². The van der Waals surface area contributed by atoms with Gasteiger partial charge in [-0.3, -0.25) is 14.2 Å². The summed E-state index contributed by atoms with van der Waals surface area (Å²) < 4.78 is 4.23. The summed E-state index contributed by atoms with van der Waals surface area (Å²) in [6.45, 7) is 4.22. The topological polar surface area (TPSA) is 68.9 Å². The van der Waals surface area contributed by atoms with Crippen molar-refractivity contribution in [1.29, 1.82) is 0 Å². The average molecular weight is 377 g/mol. The van der Waals surface area contributed by atoms with Crippen molar-refractivity contribution >= 4 is 39.8 Å². The number of amides is 1. The highest BCUT2D eigenvalue weighted by Crippen LogP contribution is 2.44. The van der Waals surface area contributed by atoms with Crippen LogP contribution in [0, 0.1) is 15.8 Å². The number of carbonyl (C=O) groups is 1. The molecule has 1 amide bonds. The molecule has 2 heterocycles. The lowest BCUT2D eigenvalue weighted by molar-refractivity contribution is -0.122. The maximum atomic E-state index is 12.7. The van der Waals surface area contributed by atoms with Gasteiger partial charge in [0.05, 0.1) is 0 Å². The van der Waals surface area contributed by atoms with Gasteiger partial charge in [-0.1, -0.05) is 17.4 Å². The van der Waals surface area contributed by atoms with Crippen molar-refractivity contribution in [1.82, 2.24) is 19.4 Å². The third-order valence-corrected chi connectivity index (χ3v) is 6.28. The second kappa shape index (κ2) is 6.49. The predicted octanol–water partition coefficient (Wildman–Crippen LogP) is 2.48. The first-order valence-corrected chi connectivity index (χ1v) is 9.80. The van der Waals surface area contributed by atoms with Crippen LogP contribution in [0.3, 0.4) is 0 Å². The van der Waals surface area contributed by atoms with Gasteiger partial charge < -0.3 is 9.88 Å². The van der Waals surface area contributed by atoms with Crippen LogP contribution in [0.2, 0.25) is 0 Å². The number of nitrogens with one attached hydrogen (secondary N) is 1. The molecule has 6 nitrogen and oxygen atoms in total. The Balaban J connectivity index is 1.56. The summed E-state index contributed by atoms with van der Waals surface area (Å²) in [6, 6.07) is 0.288. The molecular weight excluding hydrogens is 356 g/mol. The molecule has 2 saturated carbocycles. The molecule has 0 aliphatic heterocycles. The van der Waals surface area contributed by atoms with Crippen molar-refractivity contribution in [3.63, 3.8) is 0 Å². The van der Waals surface area contributed by atoms with E-state index in [4.69, 9.17) is 12.2 Å². The molecule has 2 aromatic rings. The van der Waals surface area contributed by atoms with Gasteiger partial charge >= 0.3 is 0 Å². The van der Waals surface area contributed by atoms with Gasteiger partial charge in [0.1, 0.15) is 17.6 Å². The highest BCUT2D eigenvalue weighted by Gasteiger charge is 2.42. The van der Waals surface area contributed by atoms with Crippen LogP contribution in [0.1, 0.15) is 25.7 Å². The highest BCUT2D eigenvalue weighted by atomic mass is 32.1. The number of fused-ring (bicyclic) bond motifs is 1. The first-order valence-electron chi connectivity index (χ1n) is 8.57. The summed E-state index contributed by atoms with van der Waals surface area (Å²) in [4.78, 5) is 29.4. The van der Waals surface area contributed by atoms with Crippen molar-refractivity contribution in [2.45, 2.75) is 44.8 Å². The SMILES string of the molecule is C=CCn1c(=S)sc2c(=O)n(CC(=O)NC(C3CC3)C3CC3)cnc21. The second-order valence-electron chi connectivity index (χ2n) is 6.87. The Labute approximate surface area is 154 Å². The molecule has 8 heteroatoms. The monoisotopic (exact) mass is 376 g/mol. The zero-order valence-corrected chi connectivity index (χ0v) is 15.4. The normalized spacial score (nSPS) is 17.2. The highest BCUT2D eigenvalue weighted by molar-refractivity contribution is 7.73. The van der Waals surface area contributed by atoms with E-state index in [-0.39, 0.29) is 24.1 Å². The van der Waals surface area contributed by atoms with Gasteiger partial charge in [-0.15, -0.1) is 6.58 Å². The summed E-state index contributed by atoms with van der Waals surface area (Å²) in [5, 5.41) is 3.14. The molecule has 132 valence electrons. The predicted molar refractivity (Wildman–Crippen MR) is 100 cm³/mol. The Morgan fingerprint density at radius 1 is 1.44 bits per heavy atom. The van der Waals surface area contributed by atoms with Crippen LogP contribution in [-0.2, 0) is 17.9 Å². The fourth-order valence-electron chi connectivity index (χ4n) is 3.29. The number of carbonyl (C=O) groups excluding carboxylic acids is 1. The minimum Gasteiger partial charge on any atom is -0.351 e. The minimum atomic E-state index is -0.214. The number of hydrogen-bond acceptors (Lipinski definition) is 5. The maximum absolute atomic E-state index is 12.7. The van der Waals surface area contributed by atoms with Crippen LogP contribution < -0.4 is 10.9 Å². The van der Waals surface area contributed by atoms with E-state index in [0.29, 0.717) is 32.7 Å². The Kier molecular flexibility index (Phi) is 4.33. The zero-order valence-electron chi connectivity index (χ0n) is 13.8. The molecule has 2 fully saturated rings. The first kappa shape index (κ1) is 16.7. The molecule has 2 aliphatic carbocycles. The number of hydrogen-bond donors (Lipinski definition) is 1. The van der Waals surface area contributed by atoms with Gasteiger partial charge in [0.25, 0.3) is 5.56 Å². The molecule has 4 rings (SSSR count). The van der Waals surface area contributed by atoms with Crippen LogP contribution in [0.4, 0.5) is 0 Å². The van der Waals surface area contributed by atoms with E-state index in [1.54, 1.807) is 10.6 Å². The third-order valence-electron chi connectivity index (χ3n) is 4.86. The number of aromatic nitrogens is 3. The van der Waals surface area contributed by atoms with E-state index in [9.17, 15) is 9.59 Å². The zero-order chi connectivity index (χ0) is 17.6. The Bertz CT molecular complexity index is 938. The summed E-state index contributed by atoms with van der Waals surface area (Å²) in [6.07, 6.45) is 7.97. The molecule has 2 aromatic heterocycles. The number of nitrogens with zero attached hydrogens (tertiary/aromatic N) is 3. The van der Waals surface area contributed by atoms with Gasteiger partial charge in [0.15, 0.2) is 9.60 Å². The van der Waals surface area contributed by atoms with Gasteiger partial charge in [-0.2, -0.15) is 0 Å². The van der Waals surface area contributed by atoms with Crippen molar-refractivity contribution in [3.8, 4) is 0 Å². The molecule has 0 radical (unpaired) electrons. The van der Waals surface area contributed by atoms with E-state index in [0.717, 1.165) is 0 Å². The van der Waals surface area contributed by atoms with Gasteiger partial charge in [-0.25, -0.2) is 4.98 Å². The number of allylic oxidation sites excluding steroid dienone is 1. The van der Waals surface area contributed by atoms with E-state index >= 15 is 0 Å². The van der Waals surface area contributed by atoms with Crippen LogP contribution >= 0.6 is 23.6 Å². The summed E-state index contributed by atoms with van der Waals surface area (Å²) in [7, 11) is 0.